The molecule has 0 bridgehead atoms. The van der Waals surface area contributed by atoms with Crippen LogP contribution in [0.15, 0.2) is 18.3 Å². The minimum Gasteiger partial charge on any atom is -0.493 e. The van der Waals surface area contributed by atoms with Crippen molar-refractivity contribution >= 4 is 11.5 Å². The number of fused-ring (bicyclic) bond motifs is 1. The summed E-state index contributed by atoms with van der Waals surface area (Å²) in [5, 5.41) is 0. The zero-order valence-electron chi connectivity index (χ0n) is 11.6. The quantitative estimate of drug-likeness (QED) is 0.901. The summed E-state index contributed by atoms with van der Waals surface area (Å²) < 4.78 is 7.30. The normalized spacial score (nSPS) is 23.7. The molecule has 4 nitrogen and oxygen atoms in total. The fourth-order valence-electron chi connectivity index (χ4n) is 3.07. The maximum atomic E-state index is 6.27. The summed E-state index contributed by atoms with van der Waals surface area (Å²) in [5.41, 5.74) is 8.15. The lowest BCUT2D eigenvalue weighted by molar-refractivity contribution is 0.345. The Morgan fingerprint density at radius 1 is 1.32 bits per heavy atom. The summed E-state index contributed by atoms with van der Waals surface area (Å²) >= 11 is 0. The molecule has 1 saturated carbocycles. The number of rotatable bonds is 2. The number of hydrogen-bond donors (Lipinski definition) is 1. The summed E-state index contributed by atoms with van der Waals surface area (Å²) in [7, 11) is 1.67. The van der Waals surface area contributed by atoms with Crippen LogP contribution < -0.4 is 10.5 Å². The number of methoxy groups -OCH3 is 1. The topological polar surface area (TPSA) is 52.5 Å². The van der Waals surface area contributed by atoms with Crippen molar-refractivity contribution < 1.29 is 4.74 Å². The van der Waals surface area contributed by atoms with Crippen LogP contribution in [-0.2, 0) is 0 Å². The Labute approximate surface area is 113 Å². The highest BCUT2D eigenvalue weighted by Crippen LogP contribution is 2.38. The molecule has 0 unspecified atom stereocenters. The van der Waals surface area contributed by atoms with Crippen LogP contribution in [0.25, 0.3) is 5.65 Å². The van der Waals surface area contributed by atoms with Crippen molar-refractivity contribution in [1.29, 1.82) is 0 Å². The number of pyridine rings is 1. The Kier molecular flexibility index (Phi) is 3.09. The minimum absolute atomic E-state index is 0.501. The Bertz CT molecular complexity index is 582. The average molecular weight is 259 g/mol. The fourth-order valence-corrected chi connectivity index (χ4v) is 3.07. The molecule has 4 heteroatoms. The van der Waals surface area contributed by atoms with E-state index in [9.17, 15) is 0 Å². The van der Waals surface area contributed by atoms with Crippen molar-refractivity contribution in [3.8, 4) is 5.75 Å². The largest absolute Gasteiger partial charge is 0.493 e. The maximum Gasteiger partial charge on any atom is 0.181 e. The van der Waals surface area contributed by atoms with E-state index in [1.807, 2.05) is 22.7 Å². The molecule has 2 aromatic rings. The van der Waals surface area contributed by atoms with Gasteiger partial charge in [0, 0.05) is 12.1 Å². The van der Waals surface area contributed by atoms with Gasteiger partial charge in [-0.15, -0.1) is 0 Å². The first-order chi connectivity index (χ1) is 9.20. The molecule has 1 fully saturated rings. The monoisotopic (exact) mass is 259 g/mol. The van der Waals surface area contributed by atoms with Crippen molar-refractivity contribution in [3.63, 3.8) is 0 Å². The first-order valence-corrected chi connectivity index (χ1v) is 7.01. The van der Waals surface area contributed by atoms with Gasteiger partial charge in [-0.05, 0) is 30.9 Å². The van der Waals surface area contributed by atoms with E-state index in [0.29, 0.717) is 5.92 Å². The maximum absolute atomic E-state index is 6.27. The second kappa shape index (κ2) is 4.76. The van der Waals surface area contributed by atoms with Crippen molar-refractivity contribution in [2.45, 2.75) is 38.5 Å². The molecule has 0 radical (unpaired) electrons. The van der Waals surface area contributed by atoms with Crippen LogP contribution in [0.4, 0.5) is 5.82 Å². The molecular formula is C15H21N3O. The summed E-state index contributed by atoms with van der Waals surface area (Å²) in [6.45, 7) is 2.33. The van der Waals surface area contributed by atoms with Gasteiger partial charge in [-0.1, -0.05) is 19.8 Å². The van der Waals surface area contributed by atoms with E-state index in [0.717, 1.165) is 28.8 Å². The van der Waals surface area contributed by atoms with Crippen LogP contribution >= 0.6 is 0 Å². The third kappa shape index (κ3) is 2.05. The van der Waals surface area contributed by atoms with Gasteiger partial charge in [0.05, 0.1) is 12.8 Å². The smallest absolute Gasteiger partial charge is 0.181 e. The van der Waals surface area contributed by atoms with E-state index < -0.39 is 0 Å². The van der Waals surface area contributed by atoms with Gasteiger partial charge in [0.1, 0.15) is 5.82 Å². The second-order valence-electron chi connectivity index (χ2n) is 5.61. The molecule has 3 rings (SSSR count). The lowest BCUT2D eigenvalue weighted by Gasteiger charge is -2.25. The van der Waals surface area contributed by atoms with Gasteiger partial charge in [0.15, 0.2) is 11.4 Å². The predicted molar refractivity (Wildman–Crippen MR) is 76.5 cm³/mol. The Hall–Kier alpha value is -1.71. The van der Waals surface area contributed by atoms with Gasteiger partial charge in [-0.25, -0.2) is 4.98 Å². The van der Waals surface area contributed by atoms with E-state index in [4.69, 9.17) is 15.5 Å². The summed E-state index contributed by atoms with van der Waals surface area (Å²) in [5.74, 6) is 2.89. The molecule has 0 aliphatic heterocycles. The molecular weight excluding hydrogens is 238 g/mol. The molecule has 0 aromatic carbocycles. The highest BCUT2D eigenvalue weighted by Gasteiger charge is 2.25. The SMILES string of the molecule is COc1cccn2c(N)c(C3CCC(C)CC3)nc12. The molecule has 1 aliphatic carbocycles. The predicted octanol–water partition coefficient (Wildman–Crippen LogP) is 3.22. The zero-order chi connectivity index (χ0) is 13.4. The minimum atomic E-state index is 0.501. The molecule has 0 spiro atoms. The number of ether oxygens (including phenoxy) is 1. The summed E-state index contributed by atoms with van der Waals surface area (Å²) in [6, 6.07) is 3.87. The third-order valence-corrected chi connectivity index (χ3v) is 4.30. The van der Waals surface area contributed by atoms with Crippen molar-refractivity contribution in [2.24, 2.45) is 5.92 Å². The number of imidazole rings is 1. The van der Waals surface area contributed by atoms with E-state index >= 15 is 0 Å². The summed E-state index contributed by atoms with van der Waals surface area (Å²) in [6.07, 6.45) is 6.88. The molecule has 102 valence electrons. The Balaban J connectivity index is 2.02. The molecule has 19 heavy (non-hydrogen) atoms. The molecule has 2 aromatic heterocycles. The van der Waals surface area contributed by atoms with Crippen LogP contribution in [0.5, 0.6) is 5.75 Å². The standard InChI is InChI=1S/C15H21N3O/c1-10-5-7-11(8-6-10)13-14(16)18-9-3-4-12(19-2)15(18)17-13/h3-4,9-11H,5-8,16H2,1-2H3. The van der Waals surface area contributed by atoms with Gasteiger partial charge in [-0.3, -0.25) is 4.40 Å². The molecule has 1 aliphatic rings. The average Bonchev–Trinajstić information content (AvgIpc) is 2.77. The van der Waals surface area contributed by atoms with E-state index in [-0.39, 0.29) is 0 Å². The molecule has 2 heterocycles. The van der Waals surface area contributed by atoms with E-state index in [1.54, 1.807) is 7.11 Å². The molecule has 0 atom stereocenters. The van der Waals surface area contributed by atoms with Crippen LogP contribution in [0, 0.1) is 5.92 Å². The van der Waals surface area contributed by atoms with Gasteiger partial charge >= 0.3 is 0 Å². The van der Waals surface area contributed by atoms with Gasteiger partial charge in [-0.2, -0.15) is 0 Å². The number of nitrogens with zero attached hydrogens (tertiary/aromatic N) is 2. The number of nitrogen functional groups attached to an aromatic ring is 1. The lowest BCUT2D eigenvalue weighted by Crippen LogP contribution is -2.12. The number of anilines is 1. The van der Waals surface area contributed by atoms with Crippen LogP contribution in [-0.4, -0.2) is 16.5 Å². The molecule has 0 amide bonds. The number of aromatic nitrogens is 2. The first-order valence-electron chi connectivity index (χ1n) is 7.01. The Morgan fingerprint density at radius 3 is 2.74 bits per heavy atom. The second-order valence-corrected chi connectivity index (χ2v) is 5.61. The highest BCUT2D eigenvalue weighted by molar-refractivity contribution is 5.61. The molecule has 0 saturated heterocycles. The van der Waals surface area contributed by atoms with Crippen LogP contribution in [0.2, 0.25) is 0 Å². The van der Waals surface area contributed by atoms with Gasteiger partial charge in [0.2, 0.25) is 0 Å². The fraction of sp³-hybridized carbons (Fsp3) is 0.533. The van der Waals surface area contributed by atoms with Crippen molar-refractivity contribution in [1.82, 2.24) is 9.38 Å². The Morgan fingerprint density at radius 2 is 2.05 bits per heavy atom. The van der Waals surface area contributed by atoms with Crippen molar-refractivity contribution in [3.05, 3.63) is 24.0 Å². The van der Waals surface area contributed by atoms with Gasteiger partial charge < -0.3 is 10.5 Å². The van der Waals surface area contributed by atoms with E-state index in [2.05, 4.69) is 6.92 Å². The van der Waals surface area contributed by atoms with Crippen molar-refractivity contribution in [2.75, 3.05) is 12.8 Å². The lowest BCUT2D eigenvalue weighted by atomic mass is 9.81. The van der Waals surface area contributed by atoms with E-state index in [1.165, 1.54) is 25.7 Å². The highest BCUT2D eigenvalue weighted by atomic mass is 16.5. The number of hydrogen-bond acceptors (Lipinski definition) is 3. The first kappa shape index (κ1) is 12.3. The number of nitrogens with two attached hydrogens (primary N) is 1. The third-order valence-electron chi connectivity index (χ3n) is 4.30. The van der Waals surface area contributed by atoms with Gasteiger partial charge in [0.25, 0.3) is 0 Å². The van der Waals surface area contributed by atoms with Crippen LogP contribution in [0.1, 0.15) is 44.2 Å². The molecule has 2 N–H and O–H groups in total. The van der Waals surface area contributed by atoms with Crippen LogP contribution in [0.3, 0.4) is 0 Å². The zero-order valence-corrected chi connectivity index (χ0v) is 11.6. The summed E-state index contributed by atoms with van der Waals surface area (Å²) in [4.78, 5) is 4.74.